The number of para-hydroxylation sites is 1. The van der Waals surface area contributed by atoms with Crippen LogP contribution in [0.25, 0.3) is 0 Å². The molecule has 0 amide bonds. The lowest BCUT2D eigenvalue weighted by Gasteiger charge is -2.19. The first-order chi connectivity index (χ1) is 9.83. The van der Waals surface area contributed by atoms with E-state index in [0.717, 1.165) is 37.4 Å². The Bertz CT molecular complexity index is 597. The number of rotatable bonds is 4. The van der Waals surface area contributed by atoms with E-state index < -0.39 is 0 Å². The van der Waals surface area contributed by atoms with Gasteiger partial charge in [0.05, 0.1) is 0 Å². The summed E-state index contributed by atoms with van der Waals surface area (Å²) in [4.78, 5) is 11.0. The van der Waals surface area contributed by atoms with Crippen LogP contribution in [0, 0.1) is 0 Å². The molecule has 20 heavy (non-hydrogen) atoms. The number of hydrogen-bond acceptors (Lipinski definition) is 4. The zero-order chi connectivity index (χ0) is 13.9. The third kappa shape index (κ3) is 2.27. The Balaban J connectivity index is 1.98. The van der Waals surface area contributed by atoms with Gasteiger partial charge in [-0.3, -0.25) is 0 Å². The van der Waals surface area contributed by atoms with Crippen molar-refractivity contribution in [1.82, 2.24) is 9.97 Å². The van der Waals surface area contributed by atoms with Gasteiger partial charge >= 0.3 is 0 Å². The van der Waals surface area contributed by atoms with E-state index in [-0.39, 0.29) is 0 Å². The molecule has 3 rings (SSSR count). The molecule has 0 aliphatic carbocycles. The Labute approximate surface area is 119 Å². The molecule has 1 unspecified atom stereocenters. The summed E-state index contributed by atoms with van der Waals surface area (Å²) in [5.41, 5.74) is 9.47. The van der Waals surface area contributed by atoms with E-state index in [1.165, 1.54) is 11.3 Å². The maximum absolute atomic E-state index is 5.75. The van der Waals surface area contributed by atoms with Gasteiger partial charge in [-0.05, 0) is 31.0 Å². The second kappa shape index (κ2) is 5.59. The Hall–Kier alpha value is -1.94. The molecule has 2 heterocycles. The molecule has 0 fully saturated rings. The van der Waals surface area contributed by atoms with E-state index in [2.05, 4.69) is 52.1 Å². The summed E-state index contributed by atoms with van der Waals surface area (Å²) in [6.45, 7) is 3.79. The summed E-state index contributed by atoms with van der Waals surface area (Å²) in [6.07, 6.45) is 3.60. The van der Waals surface area contributed by atoms with Crippen LogP contribution in [-0.4, -0.2) is 23.1 Å². The van der Waals surface area contributed by atoms with Gasteiger partial charge in [-0.2, -0.15) is 0 Å². The van der Waals surface area contributed by atoms with Crippen molar-refractivity contribution in [3.05, 3.63) is 47.9 Å². The van der Waals surface area contributed by atoms with Gasteiger partial charge in [0, 0.05) is 29.9 Å². The third-order valence-corrected chi connectivity index (χ3v) is 3.93. The number of aryl methyl sites for hydroxylation is 1. The van der Waals surface area contributed by atoms with Crippen LogP contribution in [-0.2, 0) is 6.42 Å². The van der Waals surface area contributed by atoms with Crippen LogP contribution in [0.2, 0.25) is 0 Å². The largest absolute Gasteiger partial charge is 0.330 e. The molecule has 4 nitrogen and oxygen atoms in total. The molecule has 1 aromatic carbocycles. The lowest BCUT2D eigenvalue weighted by Crippen LogP contribution is -2.18. The van der Waals surface area contributed by atoms with E-state index in [9.17, 15) is 0 Å². The predicted molar refractivity (Wildman–Crippen MR) is 81.3 cm³/mol. The van der Waals surface area contributed by atoms with Crippen molar-refractivity contribution in [2.24, 2.45) is 5.73 Å². The number of hydrogen-bond donors (Lipinski definition) is 1. The summed E-state index contributed by atoms with van der Waals surface area (Å²) >= 11 is 0. The molecule has 104 valence electrons. The van der Waals surface area contributed by atoms with Crippen LogP contribution in [0.4, 0.5) is 11.5 Å². The maximum atomic E-state index is 5.75. The van der Waals surface area contributed by atoms with Crippen LogP contribution in [0.5, 0.6) is 0 Å². The van der Waals surface area contributed by atoms with Gasteiger partial charge in [0.1, 0.15) is 12.1 Å². The van der Waals surface area contributed by atoms with Crippen molar-refractivity contribution < 1.29 is 0 Å². The van der Waals surface area contributed by atoms with Gasteiger partial charge in [0.2, 0.25) is 0 Å². The molecular weight excluding hydrogens is 248 g/mol. The fourth-order valence-electron chi connectivity index (χ4n) is 2.89. The topological polar surface area (TPSA) is 55.0 Å². The average molecular weight is 268 g/mol. The maximum Gasteiger partial charge on any atom is 0.136 e. The molecule has 0 saturated heterocycles. The van der Waals surface area contributed by atoms with Crippen molar-refractivity contribution in [3.63, 3.8) is 0 Å². The molecule has 2 aromatic rings. The summed E-state index contributed by atoms with van der Waals surface area (Å²) in [6, 6.07) is 10.6. The van der Waals surface area contributed by atoms with E-state index in [1.807, 2.05) is 0 Å². The first-order valence-electron chi connectivity index (χ1n) is 7.21. The highest BCUT2D eigenvalue weighted by Gasteiger charge is 2.29. The number of nitrogens with two attached hydrogens (primary N) is 1. The van der Waals surface area contributed by atoms with Gasteiger partial charge in [-0.15, -0.1) is 0 Å². The number of fused-ring (bicyclic) bond motifs is 1. The van der Waals surface area contributed by atoms with Crippen LogP contribution >= 0.6 is 0 Å². The number of nitrogens with zero attached hydrogens (tertiary/aromatic N) is 3. The fourth-order valence-corrected chi connectivity index (χ4v) is 2.89. The lowest BCUT2D eigenvalue weighted by atomic mass is 9.98. The van der Waals surface area contributed by atoms with Crippen LogP contribution in [0.1, 0.15) is 30.5 Å². The zero-order valence-corrected chi connectivity index (χ0v) is 11.8. The monoisotopic (exact) mass is 268 g/mol. The minimum absolute atomic E-state index is 0.497. The number of aromatic nitrogens is 2. The predicted octanol–water partition coefficient (Wildman–Crippen LogP) is 2.62. The summed E-state index contributed by atoms with van der Waals surface area (Å²) in [7, 11) is 0. The van der Waals surface area contributed by atoms with E-state index in [4.69, 9.17) is 5.73 Å². The molecule has 0 bridgehead atoms. The lowest BCUT2D eigenvalue weighted by molar-refractivity contribution is 0.666. The normalized spacial score (nSPS) is 17.3. The average Bonchev–Trinajstić information content (AvgIpc) is 2.87. The van der Waals surface area contributed by atoms with E-state index in [1.54, 1.807) is 6.33 Å². The Morgan fingerprint density at radius 1 is 1.30 bits per heavy atom. The molecule has 1 atom stereocenters. The van der Waals surface area contributed by atoms with Crippen molar-refractivity contribution >= 4 is 11.5 Å². The van der Waals surface area contributed by atoms with Gasteiger partial charge in [0.25, 0.3) is 0 Å². The minimum atomic E-state index is 0.497. The highest BCUT2D eigenvalue weighted by atomic mass is 15.2. The number of benzene rings is 1. The summed E-state index contributed by atoms with van der Waals surface area (Å²) in [5, 5.41) is 0. The summed E-state index contributed by atoms with van der Waals surface area (Å²) < 4.78 is 0. The van der Waals surface area contributed by atoms with Crippen LogP contribution in [0.15, 0.2) is 36.7 Å². The molecule has 0 saturated carbocycles. The van der Waals surface area contributed by atoms with Gasteiger partial charge < -0.3 is 10.6 Å². The van der Waals surface area contributed by atoms with Crippen LogP contribution in [0.3, 0.4) is 0 Å². The minimum Gasteiger partial charge on any atom is -0.330 e. The smallest absolute Gasteiger partial charge is 0.136 e. The first-order valence-corrected chi connectivity index (χ1v) is 7.21. The molecule has 0 spiro atoms. The highest BCUT2D eigenvalue weighted by molar-refractivity contribution is 5.69. The standard InChI is InChI=1S/C16H20N4/c1-2-13-9-16(19-11-18-13)20-10-12(7-8-17)14-5-3-4-6-15(14)20/h3-6,9,11-12H,2,7-8,10,17H2,1H3. The number of anilines is 2. The summed E-state index contributed by atoms with van der Waals surface area (Å²) in [5.74, 6) is 1.49. The Kier molecular flexibility index (Phi) is 3.65. The van der Waals surface area contributed by atoms with Gasteiger partial charge in [0.15, 0.2) is 0 Å². The van der Waals surface area contributed by atoms with Gasteiger partial charge in [-0.1, -0.05) is 25.1 Å². The van der Waals surface area contributed by atoms with Gasteiger partial charge in [-0.25, -0.2) is 9.97 Å². The fraction of sp³-hybridized carbons (Fsp3) is 0.375. The van der Waals surface area contributed by atoms with Crippen LogP contribution < -0.4 is 10.6 Å². The van der Waals surface area contributed by atoms with Crippen molar-refractivity contribution in [3.8, 4) is 0 Å². The molecule has 0 radical (unpaired) electrons. The first kappa shape index (κ1) is 13.1. The third-order valence-electron chi connectivity index (χ3n) is 3.93. The Morgan fingerprint density at radius 3 is 2.95 bits per heavy atom. The van der Waals surface area contributed by atoms with Crippen molar-refractivity contribution in [1.29, 1.82) is 0 Å². The molecule has 1 aromatic heterocycles. The molecule has 1 aliphatic heterocycles. The molecule has 1 aliphatic rings. The van der Waals surface area contributed by atoms with E-state index in [0.29, 0.717) is 5.92 Å². The Morgan fingerprint density at radius 2 is 2.15 bits per heavy atom. The van der Waals surface area contributed by atoms with Crippen molar-refractivity contribution in [2.45, 2.75) is 25.7 Å². The highest BCUT2D eigenvalue weighted by Crippen LogP contribution is 2.41. The second-order valence-corrected chi connectivity index (χ2v) is 5.16. The van der Waals surface area contributed by atoms with E-state index >= 15 is 0 Å². The van der Waals surface area contributed by atoms with Crippen molar-refractivity contribution in [2.75, 3.05) is 18.0 Å². The quantitative estimate of drug-likeness (QED) is 0.926. The SMILES string of the molecule is CCc1cc(N2CC(CCN)c3ccccc32)ncn1. The zero-order valence-electron chi connectivity index (χ0n) is 11.8. The molecule has 2 N–H and O–H groups in total. The molecule has 4 heteroatoms. The second-order valence-electron chi connectivity index (χ2n) is 5.16. The molecular formula is C16H20N4.